The molecule has 2 saturated heterocycles. The minimum atomic E-state index is -1.51. The average Bonchev–Trinajstić information content (AvgIpc) is 3.00. The maximum absolute atomic E-state index is 12.3. The van der Waals surface area contributed by atoms with E-state index in [4.69, 9.17) is 14.2 Å². The van der Waals surface area contributed by atoms with Gasteiger partial charge >= 0.3 is 5.97 Å². The van der Waals surface area contributed by atoms with Gasteiger partial charge in [-0.1, -0.05) is 20.3 Å². The van der Waals surface area contributed by atoms with Crippen molar-refractivity contribution in [3.05, 3.63) is 0 Å². The first kappa shape index (κ1) is 26.7. The zero-order valence-electron chi connectivity index (χ0n) is 21.4. The molecule has 1 spiro atoms. The van der Waals surface area contributed by atoms with Crippen LogP contribution in [0, 0.1) is 28.1 Å². The summed E-state index contributed by atoms with van der Waals surface area (Å²) in [6.45, 7) is 5.63. The Balaban J connectivity index is 1.36. The Labute approximate surface area is 211 Å². The Morgan fingerprint density at radius 3 is 2.42 bits per heavy atom. The smallest absolute Gasteiger partial charge is 0.309 e. The Kier molecular flexibility index (Phi) is 6.57. The van der Waals surface area contributed by atoms with E-state index in [1.807, 2.05) is 0 Å². The Bertz CT molecular complexity index is 868. The third-order valence-corrected chi connectivity index (χ3v) is 10.8. The highest BCUT2D eigenvalue weighted by atomic mass is 16.7. The topological polar surface area (TPSA) is 166 Å². The maximum atomic E-state index is 12.3. The predicted molar refractivity (Wildman–Crippen MR) is 125 cm³/mol. The zero-order valence-corrected chi connectivity index (χ0v) is 21.4. The third kappa shape index (κ3) is 3.71. The minimum absolute atomic E-state index is 0.0801. The second-order valence-electron chi connectivity index (χ2n) is 13.0. The van der Waals surface area contributed by atoms with Crippen molar-refractivity contribution in [2.45, 2.75) is 114 Å². The van der Waals surface area contributed by atoms with Crippen molar-refractivity contribution in [1.29, 1.82) is 0 Å². The van der Waals surface area contributed by atoms with Crippen molar-refractivity contribution in [3.63, 3.8) is 0 Å². The van der Waals surface area contributed by atoms with Gasteiger partial charge in [0.1, 0.15) is 24.4 Å². The van der Waals surface area contributed by atoms with Crippen molar-refractivity contribution in [2.75, 3.05) is 13.2 Å². The highest BCUT2D eigenvalue weighted by molar-refractivity contribution is 5.75. The molecule has 2 bridgehead atoms. The molecule has 13 atom stereocenters. The second kappa shape index (κ2) is 8.84. The zero-order chi connectivity index (χ0) is 26.3. The number of ether oxygens (including phenoxy) is 3. The molecule has 6 N–H and O–H groups in total. The molecule has 2 heterocycles. The number of aliphatic hydroxyl groups excluding tert-OH is 5. The minimum Gasteiger partial charge on any atom is -0.481 e. The van der Waals surface area contributed by atoms with Gasteiger partial charge in [0, 0.05) is 12.3 Å². The molecular formula is C26H42O10. The summed E-state index contributed by atoms with van der Waals surface area (Å²) in [7, 11) is 0. The fourth-order valence-corrected chi connectivity index (χ4v) is 9.11. The molecule has 5 rings (SSSR count). The maximum Gasteiger partial charge on any atom is 0.309 e. The van der Waals surface area contributed by atoms with Gasteiger partial charge in [0.05, 0.1) is 36.4 Å². The van der Waals surface area contributed by atoms with E-state index in [-0.39, 0.29) is 35.4 Å². The van der Waals surface area contributed by atoms with Crippen LogP contribution in [0.5, 0.6) is 0 Å². The van der Waals surface area contributed by atoms with Gasteiger partial charge in [-0.05, 0) is 55.8 Å². The van der Waals surface area contributed by atoms with Crippen LogP contribution >= 0.6 is 0 Å². The number of hydrogen-bond donors (Lipinski definition) is 6. The number of hydrogen-bond acceptors (Lipinski definition) is 9. The summed E-state index contributed by atoms with van der Waals surface area (Å²) >= 11 is 0. The van der Waals surface area contributed by atoms with Crippen LogP contribution in [0.4, 0.5) is 0 Å². The molecular weight excluding hydrogens is 472 g/mol. The number of carboxylic acids is 1. The van der Waals surface area contributed by atoms with E-state index < -0.39 is 60.4 Å². The van der Waals surface area contributed by atoms with Crippen LogP contribution in [0.1, 0.15) is 65.7 Å². The van der Waals surface area contributed by atoms with Gasteiger partial charge in [0.15, 0.2) is 6.29 Å². The summed E-state index contributed by atoms with van der Waals surface area (Å²) in [4.78, 5) is 12.3. The average molecular weight is 515 g/mol. The number of aliphatic carboxylic acids is 1. The summed E-state index contributed by atoms with van der Waals surface area (Å²) in [6, 6.07) is 0. The molecule has 5 fully saturated rings. The summed E-state index contributed by atoms with van der Waals surface area (Å²) in [5.74, 6) is -1.07. The van der Waals surface area contributed by atoms with E-state index in [0.29, 0.717) is 12.8 Å². The Morgan fingerprint density at radius 1 is 1.03 bits per heavy atom. The normalized spacial score (nSPS) is 56.6. The highest BCUT2D eigenvalue weighted by Gasteiger charge is 2.71. The first-order valence-electron chi connectivity index (χ1n) is 13.3. The molecule has 206 valence electrons. The lowest BCUT2D eigenvalue weighted by Crippen LogP contribution is -2.66. The molecule has 13 unspecified atom stereocenters. The van der Waals surface area contributed by atoms with Crippen LogP contribution in [0.15, 0.2) is 0 Å². The number of aliphatic hydroxyl groups is 5. The van der Waals surface area contributed by atoms with Crippen LogP contribution in [-0.2, 0) is 19.0 Å². The lowest BCUT2D eigenvalue weighted by atomic mass is 9.41. The molecule has 0 aromatic heterocycles. The number of rotatable bonds is 5. The van der Waals surface area contributed by atoms with Crippen molar-refractivity contribution < 1.29 is 49.6 Å². The first-order chi connectivity index (χ1) is 16.8. The summed E-state index contributed by atoms with van der Waals surface area (Å²) in [5, 5.41) is 61.5. The van der Waals surface area contributed by atoms with Crippen molar-refractivity contribution in [1.82, 2.24) is 0 Å². The molecule has 0 aromatic rings. The molecule has 0 aromatic carbocycles. The SMILES string of the molecule is CC12CCC3C(CC(O)C4C(C)(C(=O)O)CCCC34C)(C1)OC2COC1OC(CO)C(O)C(O)C1O. The summed E-state index contributed by atoms with van der Waals surface area (Å²) in [6.07, 6.45) is -2.77. The molecule has 0 radical (unpaired) electrons. The number of carboxylic acid groups (broad SMARTS) is 1. The molecule has 36 heavy (non-hydrogen) atoms. The van der Waals surface area contributed by atoms with Crippen molar-refractivity contribution in [2.24, 2.45) is 28.1 Å². The van der Waals surface area contributed by atoms with Gasteiger partial charge in [-0.25, -0.2) is 0 Å². The van der Waals surface area contributed by atoms with E-state index in [0.717, 1.165) is 32.1 Å². The molecule has 3 aliphatic carbocycles. The molecule has 5 aliphatic rings. The molecule has 0 amide bonds. The van der Waals surface area contributed by atoms with Gasteiger partial charge in [-0.15, -0.1) is 0 Å². The van der Waals surface area contributed by atoms with Crippen molar-refractivity contribution >= 4 is 5.97 Å². The second-order valence-corrected chi connectivity index (χ2v) is 13.0. The lowest BCUT2D eigenvalue weighted by molar-refractivity contribution is -0.308. The Hall–Kier alpha value is -0.850. The first-order valence-corrected chi connectivity index (χ1v) is 13.3. The van der Waals surface area contributed by atoms with Crippen LogP contribution in [0.25, 0.3) is 0 Å². The van der Waals surface area contributed by atoms with Crippen LogP contribution < -0.4 is 0 Å². The third-order valence-electron chi connectivity index (χ3n) is 10.8. The van der Waals surface area contributed by atoms with Gasteiger partial charge in [-0.2, -0.15) is 0 Å². The predicted octanol–water partition coefficient (Wildman–Crippen LogP) is 0.409. The van der Waals surface area contributed by atoms with Gasteiger partial charge < -0.3 is 44.8 Å². The van der Waals surface area contributed by atoms with E-state index in [9.17, 15) is 35.4 Å². The van der Waals surface area contributed by atoms with E-state index >= 15 is 0 Å². The van der Waals surface area contributed by atoms with E-state index in [1.165, 1.54) is 0 Å². The van der Waals surface area contributed by atoms with Crippen LogP contribution in [0.3, 0.4) is 0 Å². The Morgan fingerprint density at radius 2 is 1.75 bits per heavy atom. The van der Waals surface area contributed by atoms with Crippen LogP contribution in [0.2, 0.25) is 0 Å². The van der Waals surface area contributed by atoms with E-state index in [1.54, 1.807) is 6.92 Å². The largest absolute Gasteiger partial charge is 0.481 e. The number of fused-ring (bicyclic) bond motifs is 3. The fourth-order valence-electron chi connectivity index (χ4n) is 9.11. The van der Waals surface area contributed by atoms with Gasteiger partial charge in [0.2, 0.25) is 0 Å². The summed E-state index contributed by atoms with van der Waals surface area (Å²) < 4.78 is 18.2. The molecule has 2 aliphatic heterocycles. The van der Waals surface area contributed by atoms with Crippen LogP contribution in [-0.4, -0.2) is 98.3 Å². The number of carbonyl (C=O) groups is 1. The van der Waals surface area contributed by atoms with E-state index in [2.05, 4.69) is 13.8 Å². The highest BCUT2D eigenvalue weighted by Crippen LogP contribution is 2.70. The quantitative estimate of drug-likeness (QED) is 0.302. The van der Waals surface area contributed by atoms with Crippen molar-refractivity contribution in [3.8, 4) is 0 Å². The lowest BCUT2D eigenvalue weighted by Gasteiger charge is -2.64. The van der Waals surface area contributed by atoms with Gasteiger partial charge in [-0.3, -0.25) is 4.79 Å². The van der Waals surface area contributed by atoms with Gasteiger partial charge in [0.25, 0.3) is 0 Å². The molecule has 10 heteroatoms. The molecule has 10 nitrogen and oxygen atoms in total. The fraction of sp³-hybridized carbons (Fsp3) is 0.962. The summed E-state index contributed by atoms with van der Waals surface area (Å²) in [5.41, 5.74) is -2.16. The standard InChI is InChI=1S/C26H42O10/c1-23-8-5-15-24(2)6-4-7-25(3,22(32)33)20(24)13(28)9-26(15,12-23)36-16(23)11-34-21-19(31)18(30)17(29)14(10-27)35-21/h13-21,27-31H,4-12H2,1-3H3,(H,32,33). The monoisotopic (exact) mass is 514 g/mol. The molecule has 3 saturated carbocycles.